The van der Waals surface area contributed by atoms with Gasteiger partial charge in [0.1, 0.15) is 6.54 Å². The number of carboxylic acid groups (broad SMARTS) is 1. The molecule has 0 aliphatic heterocycles. The number of rotatable bonds is 5. The molecular weight excluding hydrogens is 274 g/mol. The maximum atomic E-state index is 12.7. The van der Waals surface area contributed by atoms with Crippen LogP contribution in [0.5, 0.6) is 0 Å². The Kier molecular flexibility index (Phi) is 4.21. The largest absolute Gasteiger partial charge is 0.480 e. The minimum atomic E-state index is -1.04. The van der Waals surface area contributed by atoms with Crippen molar-refractivity contribution in [1.82, 2.24) is 15.0 Å². The van der Waals surface area contributed by atoms with E-state index in [0.29, 0.717) is 41.0 Å². The molecule has 112 valence electrons. The summed E-state index contributed by atoms with van der Waals surface area (Å²) in [4.78, 5) is 29.1. The Hall–Kier alpha value is -2.44. The van der Waals surface area contributed by atoms with Gasteiger partial charge in [0.05, 0.1) is 16.6 Å². The van der Waals surface area contributed by atoms with Crippen LogP contribution in [-0.4, -0.2) is 45.1 Å². The Morgan fingerprint density at radius 1 is 1.38 bits per heavy atom. The molecule has 0 aliphatic carbocycles. The minimum Gasteiger partial charge on any atom is -0.480 e. The summed E-state index contributed by atoms with van der Waals surface area (Å²) in [5.74, 6) is -1.39. The summed E-state index contributed by atoms with van der Waals surface area (Å²) < 4.78 is 5.09. The molecule has 0 aromatic carbocycles. The molecule has 0 unspecified atom stereocenters. The number of aliphatic carboxylic acids is 1. The lowest BCUT2D eigenvalue weighted by Crippen LogP contribution is -2.36. The lowest BCUT2D eigenvalue weighted by molar-refractivity contribution is -0.137. The van der Waals surface area contributed by atoms with Gasteiger partial charge in [0.2, 0.25) is 0 Å². The highest BCUT2D eigenvalue weighted by Gasteiger charge is 2.23. The highest BCUT2D eigenvalue weighted by Crippen LogP contribution is 2.23. The molecule has 0 saturated carbocycles. The van der Waals surface area contributed by atoms with Crippen LogP contribution in [0.4, 0.5) is 0 Å². The van der Waals surface area contributed by atoms with Crippen LogP contribution >= 0.6 is 0 Å². The molecule has 0 atom stereocenters. The molecule has 1 N–H and O–H groups in total. The first-order valence-corrected chi connectivity index (χ1v) is 6.68. The first-order chi connectivity index (χ1) is 9.93. The topological polar surface area (TPSA) is 96.5 Å². The quantitative estimate of drug-likeness (QED) is 0.901. The molecule has 0 radical (unpaired) electrons. The Morgan fingerprint density at radius 3 is 2.71 bits per heavy atom. The van der Waals surface area contributed by atoms with Crippen LogP contribution in [0.25, 0.3) is 11.1 Å². The first-order valence-electron chi connectivity index (χ1n) is 6.68. The van der Waals surface area contributed by atoms with Crippen molar-refractivity contribution in [1.29, 1.82) is 0 Å². The number of hydrogen-bond acceptors (Lipinski definition) is 5. The lowest BCUT2D eigenvalue weighted by atomic mass is 10.1. The van der Waals surface area contributed by atoms with Crippen molar-refractivity contribution < 1.29 is 19.2 Å². The first kappa shape index (κ1) is 15.0. The number of hydrogen-bond donors (Lipinski definition) is 1. The van der Waals surface area contributed by atoms with Crippen LogP contribution in [0.2, 0.25) is 0 Å². The fraction of sp³-hybridized carbons (Fsp3) is 0.429. The van der Waals surface area contributed by atoms with E-state index in [1.54, 1.807) is 19.9 Å². The summed E-state index contributed by atoms with van der Waals surface area (Å²) in [6.07, 6.45) is 0.675. The molecule has 0 fully saturated rings. The number of pyridine rings is 1. The van der Waals surface area contributed by atoms with Gasteiger partial charge in [0, 0.05) is 12.2 Å². The normalized spacial score (nSPS) is 10.8. The summed E-state index contributed by atoms with van der Waals surface area (Å²) in [6, 6.07) is 1.64. The van der Waals surface area contributed by atoms with E-state index in [1.165, 1.54) is 4.90 Å². The summed E-state index contributed by atoms with van der Waals surface area (Å²) >= 11 is 0. The van der Waals surface area contributed by atoms with Gasteiger partial charge in [-0.3, -0.25) is 9.59 Å². The number of carboxylic acids is 1. The average Bonchev–Trinajstić information content (AvgIpc) is 2.77. The van der Waals surface area contributed by atoms with E-state index in [-0.39, 0.29) is 12.5 Å². The van der Waals surface area contributed by atoms with Crippen molar-refractivity contribution >= 4 is 23.0 Å². The van der Waals surface area contributed by atoms with Crippen LogP contribution in [0.1, 0.15) is 35.1 Å². The van der Waals surface area contributed by atoms with Crippen molar-refractivity contribution in [3.8, 4) is 0 Å². The summed E-state index contributed by atoms with van der Waals surface area (Å²) in [5, 5.41) is 13.3. The smallest absolute Gasteiger partial charge is 0.323 e. The fourth-order valence-corrected chi connectivity index (χ4v) is 2.24. The molecule has 7 nitrogen and oxygen atoms in total. The maximum absolute atomic E-state index is 12.7. The maximum Gasteiger partial charge on any atom is 0.323 e. The summed E-state index contributed by atoms with van der Waals surface area (Å²) in [7, 11) is 0. The second-order valence-corrected chi connectivity index (χ2v) is 4.88. The second kappa shape index (κ2) is 5.90. The number of nitrogens with zero attached hydrogens (tertiary/aromatic N) is 3. The molecule has 0 spiro atoms. The van der Waals surface area contributed by atoms with E-state index in [0.717, 1.165) is 0 Å². The van der Waals surface area contributed by atoms with Crippen LogP contribution in [0.3, 0.4) is 0 Å². The number of aryl methyl sites for hydroxylation is 2. The lowest BCUT2D eigenvalue weighted by Gasteiger charge is -2.20. The van der Waals surface area contributed by atoms with Gasteiger partial charge >= 0.3 is 5.97 Å². The Labute approximate surface area is 121 Å². The van der Waals surface area contributed by atoms with Gasteiger partial charge in [-0.25, -0.2) is 4.98 Å². The van der Waals surface area contributed by atoms with Crippen molar-refractivity contribution in [2.75, 3.05) is 13.1 Å². The second-order valence-electron chi connectivity index (χ2n) is 4.88. The number of carbonyl (C=O) groups is 2. The third-order valence-electron chi connectivity index (χ3n) is 3.08. The van der Waals surface area contributed by atoms with Gasteiger partial charge in [-0.15, -0.1) is 0 Å². The number of carbonyl (C=O) groups excluding carboxylic acids is 1. The average molecular weight is 291 g/mol. The monoisotopic (exact) mass is 291 g/mol. The van der Waals surface area contributed by atoms with Crippen molar-refractivity contribution in [3.63, 3.8) is 0 Å². The van der Waals surface area contributed by atoms with Crippen LogP contribution < -0.4 is 0 Å². The highest BCUT2D eigenvalue weighted by atomic mass is 16.5. The SMILES string of the molecule is CCCN(CC(=O)O)C(=O)c1cc(C)nc2onc(C)c12. The van der Waals surface area contributed by atoms with E-state index in [4.69, 9.17) is 9.63 Å². The van der Waals surface area contributed by atoms with E-state index >= 15 is 0 Å². The molecule has 0 bridgehead atoms. The molecule has 7 heteroatoms. The zero-order chi connectivity index (χ0) is 15.6. The van der Waals surface area contributed by atoms with Gasteiger partial charge in [-0.2, -0.15) is 0 Å². The van der Waals surface area contributed by atoms with Crippen molar-refractivity contribution in [2.45, 2.75) is 27.2 Å². The molecule has 0 saturated heterocycles. The molecule has 2 heterocycles. The van der Waals surface area contributed by atoms with Crippen molar-refractivity contribution in [3.05, 3.63) is 23.0 Å². The van der Waals surface area contributed by atoms with Crippen LogP contribution in [-0.2, 0) is 4.79 Å². The fourth-order valence-electron chi connectivity index (χ4n) is 2.24. The number of aromatic nitrogens is 2. The van der Waals surface area contributed by atoms with Gasteiger partial charge in [-0.05, 0) is 26.3 Å². The summed E-state index contributed by atoms with van der Waals surface area (Å²) in [5.41, 5.74) is 1.86. The Morgan fingerprint density at radius 2 is 2.10 bits per heavy atom. The molecule has 0 aliphatic rings. The standard InChI is InChI=1S/C14H17N3O4/c1-4-5-17(7-11(18)19)14(20)10-6-8(2)15-13-12(10)9(3)16-21-13/h6H,4-5,7H2,1-3H3,(H,18,19). The van der Waals surface area contributed by atoms with Gasteiger partial charge in [0.15, 0.2) is 0 Å². The van der Waals surface area contributed by atoms with Crippen LogP contribution in [0.15, 0.2) is 10.6 Å². The van der Waals surface area contributed by atoms with Gasteiger partial charge in [-0.1, -0.05) is 12.1 Å². The van der Waals surface area contributed by atoms with Gasteiger partial charge in [0.25, 0.3) is 11.6 Å². The predicted octanol–water partition coefficient (Wildman–Crippen LogP) is 1.78. The minimum absolute atomic E-state index is 0.294. The molecule has 2 aromatic rings. The van der Waals surface area contributed by atoms with Gasteiger partial charge < -0.3 is 14.5 Å². The molecule has 2 rings (SSSR count). The Bertz CT molecular complexity index is 693. The highest BCUT2D eigenvalue weighted by molar-refractivity contribution is 6.06. The third kappa shape index (κ3) is 3.01. The molecule has 1 amide bonds. The van der Waals surface area contributed by atoms with Crippen molar-refractivity contribution in [2.24, 2.45) is 0 Å². The number of fused-ring (bicyclic) bond motifs is 1. The van der Waals surface area contributed by atoms with E-state index in [1.807, 2.05) is 6.92 Å². The van der Waals surface area contributed by atoms with E-state index in [9.17, 15) is 9.59 Å². The van der Waals surface area contributed by atoms with Crippen LogP contribution in [0, 0.1) is 13.8 Å². The number of amides is 1. The zero-order valence-corrected chi connectivity index (χ0v) is 12.2. The third-order valence-corrected chi connectivity index (χ3v) is 3.08. The zero-order valence-electron chi connectivity index (χ0n) is 12.2. The Balaban J connectivity index is 2.50. The molecule has 21 heavy (non-hydrogen) atoms. The van der Waals surface area contributed by atoms with E-state index in [2.05, 4.69) is 10.1 Å². The summed E-state index contributed by atoms with van der Waals surface area (Å²) in [6.45, 7) is 5.40. The molecule has 2 aromatic heterocycles. The van der Waals surface area contributed by atoms with E-state index < -0.39 is 5.97 Å². The molecular formula is C14H17N3O4. The predicted molar refractivity (Wildman–Crippen MR) is 75.1 cm³/mol.